The summed E-state index contributed by atoms with van der Waals surface area (Å²) in [6.07, 6.45) is 6.72. The fraction of sp³-hybridized carbons (Fsp3) is 0.750. The predicted molar refractivity (Wildman–Crippen MR) is 157 cm³/mol. The molecule has 2 aliphatic heterocycles. The second-order valence-corrected chi connectivity index (χ2v) is 13.7. The predicted octanol–water partition coefficient (Wildman–Crippen LogP) is 5.03. The molecule has 7 nitrogen and oxygen atoms in total. The third-order valence-corrected chi connectivity index (χ3v) is 8.59. The van der Waals surface area contributed by atoms with Crippen molar-refractivity contribution in [3.8, 4) is 5.75 Å². The number of aliphatic carboxylic acids is 1. The van der Waals surface area contributed by atoms with E-state index in [0.717, 1.165) is 85.9 Å². The quantitative estimate of drug-likeness (QED) is 0.314. The molecule has 1 fully saturated rings. The van der Waals surface area contributed by atoms with Gasteiger partial charge in [-0.05, 0) is 41.9 Å². The summed E-state index contributed by atoms with van der Waals surface area (Å²) in [5.74, 6) is -0.399. The van der Waals surface area contributed by atoms with Crippen LogP contribution in [0.25, 0.3) is 0 Å². The monoisotopic (exact) mass is 544 g/mol. The Balaban J connectivity index is 1.87. The number of nitrogens with zero attached hydrogens (tertiary/aromatic N) is 3. The fourth-order valence-electron chi connectivity index (χ4n) is 6.59. The minimum absolute atomic E-state index is 0.00159. The molecule has 1 aromatic carbocycles. The van der Waals surface area contributed by atoms with E-state index >= 15 is 0 Å². The molecule has 1 saturated heterocycles. The van der Waals surface area contributed by atoms with Crippen molar-refractivity contribution >= 4 is 11.9 Å². The molecular weight excluding hydrogens is 490 g/mol. The molecule has 0 saturated carbocycles. The summed E-state index contributed by atoms with van der Waals surface area (Å²) in [7, 11) is 6.55. The number of carbonyl (C=O) groups is 2. The third kappa shape index (κ3) is 8.68. The Morgan fingerprint density at radius 2 is 1.85 bits per heavy atom. The van der Waals surface area contributed by atoms with Gasteiger partial charge >= 0.3 is 5.97 Å². The number of carboxylic acid groups (broad SMARTS) is 1. The van der Waals surface area contributed by atoms with E-state index in [1.807, 2.05) is 17.0 Å². The lowest BCUT2D eigenvalue weighted by Crippen LogP contribution is -2.46. The van der Waals surface area contributed by atoms with Crippen molar-refractivity contribution < 1.29 is 23.9 Å². The molecule has 0 radical (unpaired) electrons. The second-order valence-electron chi connectivity index (χ2n) is 13.7. The van der Waals surface area contributed by atoms with Gasteiger partial charge < -0.3 is 19.2 Å². The van der Waals surface area contributed by atoms with Crippen molar-refractivity contribution in [2.45, 2.75) is 84.6 Å². The van der Waals surface area contributed by atoms with Crippen molar-refractivity contribution in [3.05, 3.63) is 29.3 Å². The molecule has 0 spiro atoms. The van der Waals surface area contributed by atoms with E-state index in [-0.39, 0.29) is 29.8 Å². The fourth-order valence-corrected chi connectivity index (χ4v) is 6.59. The summed E-state index contributed by atoms with van der Waals surface area (Å²) in [5, 5.41) is 10.6. The highest BCUT2D eigenvalue weighted by Crippen LogP contribution is 2.44. The topological polar surface area (TPSA) is 70.1 Å². The number of benzene rings is 1. The minimum Gasteiger partial charge on any atom is -0.493 e. The average Bonchev–Trinajstić information content (AvgIpc) is 3.44. The highest BCUT2D eigenvalue weighted by molar-refractivity contribution is 5.79. The lowest BCUT2D eigenvalue weighted by molar-refractivity contribution is -0.870. The van der Waals surface area contributed by atoms with E-state index in [0.29, 0.717) is 13.2 Å². The van der Waals surface area contributed by atoms with Crippen LogP contribution in [0.1, 0.15) is 83.3 Å². The van der Waals surface area contributed by atoms with Gasteiger partial charge in [0.15, 0.2) is 0 Å². The van der Waals surface area contributed by atoms with Gasteiger partial charge in [0.2, 0.25) is 5.91 Å². The van der Waals surface area contributed by atoms with Gasteiger partial charge in [0.05, 0.1) is 46.8 Å². The van der Waals surface area contributed by atoms with Crippen molar-refractivity contribution in [2.75, 3.05) is 60.5 Å². The summed E-state index contributed by atoms with van der Waals surface area (Å²) in [4.78, 5) is 30.9. The van der Waals surface area contributed by atoms with Crippen molar-refractivity contribution in [2.24, 2.45) is 11.3 Å². The summed E-state index contributed by atoms with van der Waals surface area (Å²) in [6, 6.07) is 6.02. The zero-order valence-corrected chi connectivity index (χ0v) is 25.7. The van der Waals surface area contributed by atoms with Crippen LogP contribution in [0.15, 0.2) is 18.2 Å². The lowest BCUT2D eigenvalue weighted by Gasteiger charge is -2.35. The zero-order chi connectivity index (χ0) is 28.8. The maximum Gasteiger partial charge on any atom is 0.308 e. The molecule has 0 bridgehead atoms. The molecule has 0 aliphatic carbocycles. The average molecular weight is 545 g/mol. The molecular formula is C32H54N3O4+. The molecule has 1 N–H and O–H groups in total. The Labute approximate surface area is 237 Å². The first-order valence-corrected chi connectivity index (χ1v) is 15.2. The molecule has 2 heterocycles. The Morgan fingerprint density at radius 1 is 1.13 bits per heavy atom. The number of quaternary nitrogens is 1. The van der Waals surface area contributed by atoms with E-state index in [1.54, 1.807) is 0 Å². The molecule has 39 heavy (non-hydrogen) atoms. The van der Waals surface area contributed by atoms with E-state index in [1.165, 1.54) is 0 Å². The van der Waals surface area contributed by atoms with Gasteiger partial charge in [0.1, 0.15) is 5.75 Å². The first-order chi connectivity index (χ1) is 18.3. The SMILES string of the molecule is CCCCN(CCC[N+](C)(C)C)C(=O)CN1CC(c2ccc3c(c2)CCO3)C(C(=O)O)C1CC(C)(C)CCC. The van der Waals surface area contributed by atoms with Crippen LogP contribution in [0.3, 0.4) is 0 Å². The third-order valence-electron chi connectivity index (χ3n) is 8.59. The summed E-state index contributed by atoms with van der Waals surface area (Å²) in [5.41, 5.74) is 2.23. The van der Waals surface area contributed by atoms with Gasteiger partial charge in [-0.15, -0.1) is 0 Å². The molecule has 1 amide bonds. The molecule has 1 aromatic rings. The van der Waals surface area contributed by atoms with Crippen molar-refractivity contribution in [3.63, 3.8) is 0 Å². The number of rotatable bonds is 15. The van der Waals surface area contributed by atoms with Gasteiger partial charge in [-0.25, -0.2) is 0 Å². The Hall–Kier alpha value is -2.12. The zero-order valence-electron chi connectivity index (χ0n) is 25.7. The summed E-state index contributed by atoms with van der Waals surface area (Å²) in [6.45, 7) is 12.9. The van der Waals surface area contributed by atoms with Crippen LogP contribution in [-0.4, -0.2) is 97.8 Å². The number of carboxylic acids is 1. The van der Waals surface area contributed by atoms with E-state index in [4.69, 9.17) is 4.74 Å². The number of amides is 1. The number of fused-ring (bicyclic) bond motifs is 1. The van der Waals surface area contributed by atoms with Gasteiger partial charge in [0.25, 0.3) is 0 Å². The maximum atomic E-state index is 13.8. The van der Waals surface area contributed by atoms with Crippen LogP contribution >= 0.6 is 0 Å². The van der Waals surface area contributed by atoms with E-state index in [9.17, 15) is 14.7 Å². The number of unbranched alkanes of at least 4 members (excludes halogenated alkanes) is 1. The van der Waals surface area contributed by atoms with Crippen molar-refractivity contribution in [1.29, 1.82) is 0 Å². The first-order valence-electron chi connectivity index (χ1n) is 15.2. The lowest BCUT2D eigenvalue weighted by atomic mass is 9.76. The largest absolute Gasteiger partial charge is 0.493 e. The van der Waals surface area contributed by atoms with Crippen LogP contribution in [0.5, 0.6) is 5.75 Å². The van der Waals surface area contributed by atoms with Gasteiger partial charge in [-0.1, -0.05) is 52.7 Å². The summed E-state index contributed by atoms with van der Waals surface area (Å²) < 4.78 is 6.59. The number of carbonyl (C=O) groups excluding carboxylic acids is 1. The van der Waals surface area contributed by atoms with Crippen LogP contribution in [0.2, 0.25) is 0 Å². The Kier molecular flexibility index (Phi) is 10.9. The maximum absolute atomic E-state index is 13.8. The Bertz CT molecular complexity index is 971. The number of likely N-dealkylation sites (tertiary alicyclic amines) is 1. The molecule has 3 rings (SSSR count). The molecule has 3 atom stereocenters. The van der Waals surface area contributed by atoms with Crippen LogP contribution in [0.4, 0.5) is 0 Å². The standard InChI is InChI=1S/C32H53N3O4/c1-8-10-16-33(17-11-18-35(5,6)7)29(36)23-34-22-26(24-12-13-28-25(20-24)14-19-39-28)30(31(37)38)27(34)21-32(3,4)15-9-2/h12-13,20,26-27,30H,8-11,14-19,21-23H2,1-7H3/p+1. The number of ether oxygens (including phenoxy) is 1. The normalized spacial score (nSPS) is 21.6. The summed E-state index contributed by atoms with van der Waals surface area (Å²) >= 11 is 0. The first kappa shape index (κ1) is 31.4. The molecule has 2 aliphatic rings. The van der Waals surface area contributed by atoms with Crippen LogP contribution in [-0.2, 0) is 16.0 Å². The van der Waals surface area contributed by atoms with Crippen molar-refractivity contribution in [1.82, 2.24) is 9.80 Å². The highest BCUT2D eigenvalue weighted by atomic mass is 16.5. The minimum atomic E-state index is -0.755. The Morgan fingerprint density at radius 3 is 2.49 bits per heavy atom. The smallest absolute Gasteiger partial charge is 0.308 e. The van der Waals surface area contributed by atoms with Crippen LogP contribution < -0.4 is 4.74 Å². The van der Waals surface area contributed by atoms with Crippen LogP contribution in [0, 0.1) is 11.3 Å². The molecule has 0 aromatic heterocycles. The van der Waals surface area contributed by atoms with E-state index in [2.05, 4.69) is 59.8 Å². The van der Waals surface area contributed by atoms with Gasteiger partial charge in [-0.2, -0.15) is 0 Å². The number of hydrogen-bond acceptors (Lipinski definition) is 4. The molecule has 3 unspecified atom stereocenters. The molecule has 220 valence electrons. The highest BCUT2D eigenvalue weighted by Gasteiger charge is 2.48. The number of hydrogen-bond donors (Lipinski definition) is 1. The molecule has 7 heteroatoms. The van der Waals surface area contributed by atoms with Gasteiger partial charge in [0, 0.05) is 44.4 Å². The van der Waals surface area contributed by atoms with Gasteiger partial charge in [-0.3, -0.25) is 14.5 Å². The second kappa shape index (κ2) is 13.5. The van der Waals surface area contributed by atoms with E-state index < -0.39 is 11.9 Å².